The summed E-state index contributed by atoms with van der Waals surface area (Å²) in [6.07, 6.45) is 0. The summed E-state index contributed by atoms with van der Waals surface area (Å²) in [6, 6.07) is 17.5. The van der Waals surface area contributed by atoms with E-state index in [-0.39, 0.29) is 0 Å². The van der Waals surface area contributed by atoms with Crippen LogP contribution in [-0.4, -0.2) is 13.1 Å². The van der Waals surface area contributed by atoms with Crippen LogP contribution in [0.4, 0.5) is 5.69 Å². The van der Waals surface area contributed by atoms with Gasteiger partial charge >= 0.3 is 0 Å². The van der Waals surface area contributed by atoms with Crippen LogP contribution >= 0.6 is 0 Å². The lowest BCUT2D eigenvalue weighted by Gasteiger charge is -2.15. The summed E-state index contributed by atoms with van der Waals surface area (Å²) in [5.41, 5.74) is 5.16. The first-order valence-corrected chi connectivity index (χ1v) is 7.26. The van der Waals surface area contributed by atoms with Crippen LogP contribution in [0, 0.1) is 13.8 Å². The Hall–Kier alpha value is -1.80. The van der Waals surface area contributed by atoms with E-state index in [2.05, 4.69) is 79.9 Å². The molecule has 0 aliphatic heterocycles. The summed E-state index contributed by atoms with van der Waals surface area (Å²) in [5, 5.41) is 7.04. The summed E-state index contributed by atoms with van der Waals surface area (Å²) >= 11 is 0. The molecule has 2 rings (SSSR count). The van der Waals surface area contributed by atoms with Crippen LogP contribution in [0.2, 0.25) is 0 Å². The molecule has 0 aliphatic carbocycles. The first-order chi connectivity index (χ1) is 9.66. The minimum Gasteiger partial charge on any atom is -0.384 e. The molecule has 0 saturated heterocycles. The molecule has 0 heterocycles. The van der Waals surface area contributed by atoms with Crippen LogP contribution < -0.4 is 10.6 Å². The van der Waals surface area contributed by atoms with E-state index < -0.39 is 0 Å². The molecule has 1 atom stereocenters. The van der Waals surface area contributed by atoms with Crippen molar-refractivity contribution >= 4 is 5.69 Å². The average Bonchev–Trinajstić information content (AvgIpc) is 2.47. The number of nitrogens with one attached hydrogen (secondary N) is 2. The maximum atomic E-state index is 3.54. The molecule has 106 valence electrons. The fourth-order valence-electron chi connectivity index (χ4n) is 2.27. The zero-order valence-corrected chi connectivity index (χ0v) is 12.6. The monoisotopic (exact) mass is 268 g/mol. The Labute approximate surface area is 122 Å². The highest BCUT2D eigenvalue weighted by atomic mass is 15.0. The van der Waals surface area contributed by atoms with Gasteiger partial charge in [0.05, 0.1) is 0 Å². The molecule has 2 aromatic rings. The molecule has 1 unspecified atom stereocenters. The molecule has 0 aromatic heterocycles. The van der Waals surface area contributed by atoms with Gasteiger partial charge in [0.25, 0.3) is 0 Å². The highest BCUT2D eigenvalue weighted by molar-refractivity contribution is 5.52. The first kappa shape index (κ1) is 14.6. The van der Waals surface area contributed by atoms with Crippen LogP contribution in [0.3, 0.4) is 0 Å². The van der Waals surface area contributed by atoms with E-state index in [0.717, 1.165) is 13.1 Å². The molecular weight excluding hydrogens is 244 g/mol. The smallest absolute Gasteiger partial charge is 0.0372 e. The summed E-state index contributed by atoms with van der Waals surface area (Å²) in [4.78, 5) is 0. The molecule has 0 saturated carbocycles. The summed E-state index contributed by atoms with van der Waals surface area (Å²) in [7, 11) is 0. The predicted octanol–water partition coefficient (Wildman–Crippen LogP) is 4.07. The van der Waals surface area contributed by atoms with Crippen LogP contribution in [0.5, 0.6) is 0 Å². The average molecular weight is 268 g/mol. The number of rotatable bonds is 6. The van der Waals surface area contributed by atoms with E-state index in [9.17, 15) is 0 Å². The third-order valence-electron chi connectivity index (χ3n) is 3.58. The lowest BCUT2D eigenvalue weighted by molar-refractivity contribution is 0.588. The molecule has 0 bridgehead atoms. The van der Waals surface area contributed by atoms with Gasteiger partial charge in [0.2, 0.25) is 0 Å². The zero-order valence-electron chi connectivity index (χ0n) is 12.6. The Morgan fingerprint density at radius 1 is 0.950 bits per heavy atom. The van der Waals surface area contributed by atoms with Gasteiger partial charge < -0.3 is 10.6 Å². The highest BCUT2D eigenvalue weighted by Gasteiger charge is 2.03. The number of aryl methyl sites for hydroxylation is 2. The van der Waals surface area contributed by atoms with Gasteiger partial charge in [-0.15, -0.1) is 0 Å². The SMILES string of the molecule is Cc1ccc(C)c(NCCNC(C)c2ccccc2)c1. The first-order valence-electron chi connectivity index (χ1n) is 7.26. The quantitative estimate of drug-likeness (QED) is 0.772. The van der Waals surface area contributed by atoms with Gasteiger partial charge in [-0.1, -0.05) is 42.5 Å². The van der Waals surface area contributed by atoms with Crippen molar-refractivity contribution < 1.29 is 0 Å². The lowest BCUT2D eigenvalue weighted by atomic mass is 10.1. The highest BCUT2D eigenvalue weighted by Crippen LogP contribution is 2.16. The van der Waals surface area contributed by atoms with Crippen LogP contribution in [-0.2, 0) is 0 Å². The topological polar surface area (TPSA) is 24.1 Å². The van der Waals surface area contributed by atoms with E-state index in [0.29, 0.717) is 6.04 Å². The van der Waals surface area contributed by atoms with Crippen LogP contribution in [0.1, 0.15) is 29.7 Å². The normalized spacial score (nSPS) is 12.2. The largest absolute Gasteiger partial charge is 0.384 e. The van der Waals surface area contributed by atoms with Gasteiger partial charge in [0.15, 0.2) is 0 Å². The Kier molecular flexibility index (Phi) is 5.19. The summed E-state index contributed by atoms with van der Waals surface area (Å²) < 4.78 is 0. The predicted molar refractivity (Wildman–Crippen MR) is 87.3 cm³/mol. The number of anilines is 1. The molecule has 0 spiro atoms. The molecule has 2 nitrogen and oxygen atoms in total. The van der Waals surface area contributed by atoms with Crippen molar-refractivity contribution in [3.63, 3.8) is 0 Å². The Balaban J connectivity index is 1.78. The van der Waals surface area contributed by atoms with Crippen molar-refractivity contribution in [1.29, 1.82) is 0 Å². The van der Waals surface area contributed by atoms with Crippen LogP contribution in [0.15, 0.2) is 48.5 Å². The molecule has 20 heavy (non-hydrogen) atoms. The molecule has 0 amide bonds. The van der Waals surface area contributed by atoms with Crippen molar-refractivity contribution in [2.45, 2.75) is 26.8 Å². The van der Waals surface area contributed by atoms with Gasteiger partial charge in [-0.2, -0.15) is 0 Å². The minimum atomic E-state index is 0.386. The van der Waals surface area contributed by atoms with E-state index in [1.807, 2.05) is 0 Å². The van der Waals surface area contributed by atoms with Crippen molar-refractivity contribution in [2.24, 2.45) is 0 Å². The van der Waals surface area contributed by atoms with Gasteiger partial charge in [0, 0.05) is 24.8 Å². The number of hydrogen-bond acceptors (Lipinski definition) is 2. The van der Waals surface area contributed by atoms with Gasteiger partial charge in [-0.05, 0) is 43.5 Å². The standard InChI is InChI=1S/C18H24N2/c1-14-9-10-15(2)18(13-14)20-12-11-19-16(3)17-7-5-4-6-8-17/h4-10,13,16,19-20H,11-12H2,1-3H3. The fourth-order valence-corrected chi connectivity index (χ4v) is 2.27. The molecule has 0 fully saturated rings. The van der Waals surface area contributed by atoms with Crippen molar-refractivity contribution in [3.05, 3.63) is 65.2 Å². The van der Waals surface area contributed by atoms with Gasteiger partial charge in [-0.3, -0.25) is 0 Å². The fraction of sp³-hybridized carbons (Fsp3) is 0.333. The molecule has 0 aliphatic rings. The summed E-state index contributed by atoms with van der Waals surface area (Å²) in [5.74, 6) is 0. The van der Waals surface area contributed by atoms with Gasteiger partial charge in [-0.25, -0.2) is 0 Å². The molecule has 0 radical (unpaired) electrons. The van der Waals surface area contributed by atoms with E-state index in [1.165, 1.54) is 22.4 Å². The zero-order chi connectivity index (χ0) is 14.4. The minimum absolute atomic E-state index is 0.386. The Morgan fingerprint density at radius 3 is 2.45 bits per heavy atom. The second kappa shape index (κ2) is 7.11. The lowest BCUT2D eigenvalue weighted by Crippen LogP contribution is -2.25. The Bertz CT molecular complexity index is 534. The molecule has 2 aromatic carbocycles. The second-order valence-corrected chi connectivity index (χ2v) is 5.33. The number of hydrogen-bond donors (Lipinski definition) is 2. The molecular formula is C18H24N2. The second-order valence-electron chi connectivity index (χ2n) is 5.33. The third kappa shape index (κ3) is 4.10. The Morgan fingerprint density at radius 2 is 1.70 bits per heavy atom. The third-order valence-corrected chi connectivity index (χ3v) is 3.58. The van der Waals surface area contributed by atoms with Crippen LogP contribution in [0.25, 0.3) is 0 Å². The van der Waals surface area contributed by atoms with E-state index in [4.69, 9.17) is 0 Å². The van der Waals surface area contributed by atoms with Gasteiger partial charge in [0.1, 0.15) is 0 Å². The van der Waals surface area contributed by atoms with Crippen molar-refractivity contribution in [3.8, 4) is 0 Å². The summed E-state index contributed by atoms with van der Waals surface area (Å²) in [6.45, 7) is 8.35. The number of benzene rings is 2. The molecule has 2 N–H and O–H groups in total. The van der Waals surface area contributed by atoms with Crippen molar-refractivity contribution in [1.82, 2.24) is 5.32 Å². The maximum Gasteiger partial charge on any atom is 0.0372 e. The van der Waals surface area contributed by atoms with E-state index in [1.54, 1.807) is 0 Å². The van der Waals surface area contributed by atoms with Crippen molar-refractivity contribution in [2.75, 3.05) is 18.4 Å². The molecule has 2 heteroatoms. The maximum absolute atomic E-state index is 3.54. The van der Waals surface area contributed by atoms with E-state index >= 15 is 0 Å².